The predicted octanol–water partition coefficient (Wildman–Crippen LogP) is 2.31. The number of carbonyl (C=O) groups excluding carboxylic acids is 1. The van der Waals surface area contributed by atoms with Gasteiger partial charge in [0, 0.05) is 0 Å². The molecule has 1 atom stereocenters. The molecule has 0 aromatic carbocycles. The predicted molar refractivity (Wildman–Crippen MR) is 61.0 cm³/mol. The van der Waals surface area contributed by atoms with Gasteiger partial charge in [-0.1, -0.05) is 31.2 Å². The van der Waals surface area contributed by atoms with Crippen molar-refractivity contribution in [3.63, 3.8) is 0 Å². The molecule has 0 saturated heterocycles. The third-order valence-electron chi connectivity index (χ3n) is 1.87. The Morgan fingerprint density at radius 1 is 1.25 bits per heavy atom. The Kier molecular flexibility index (Phi) is 7.85. The molecule has 0 aliphatic heterocycles. The fourth-order valence-electron chi connectivity index (χ4n) is 0.846. The monoisotopic (exact) mass is 226 g/mol. The maximum absolute atomic E-state index is 11.2. The Bertz CT molecular complexity index is 279. The van der Waals surface area contributed by atoms with Crippen LogP contribution in [0.2, 0.25) is 0 Å². The van der Waals surface area contributed by atoms with Gasteiger partial charge in [0.2, 0.25) is 0 Å². The van der Waals surface area contributed by atoms with Crippen LogP contribution < -0.4 is 0 Å². The lowest BCUT2D eigenvalue weighted by Gasteiger charge is -2.08. The summed E-state index contributed by atoms with van der Waals surface area (Å²) in [6.45, 7) is 3.79. The van der Waals surface area contributed by atoms with E-state index in [9.17, 15) is 9.59 Å². The van der Waals surface area contributed by atoms with Gasteiger partial charge < -0.3 is 9.84 Å². The van der Waals surface area contributed by atoms with Crippen molar-refractivity contribution < 1.29 is 19.4 Å². The molecule has 0 aliphatic rings. The molecular weight excluding hydrogens is 208 g/mol. The SMILES string of the molecule is CCC(C)OC(=O)C/C=C/C=C/CC(=O)O. The summed E-state index contributed by atoms with van der Waals surface area (Å²) in [5.74, 6) is -1.14. The molecule has 0 aromatic rings. The number of hydrogen-bond acceptors (Lipinski definition) is 3. The lowest BCUT2D eigenvalue weighted by atomic mass is 10.3. The summed E-state index contributed by atoms with van der Waals surface area (Å²) in [6.07, 6.45) is 7.34. The van der Waals surface area contributed by atoms with E-state index in [-0.39, 0.29) is 24.9 Å². The van der Waals surface area contributed by atoms with Crippen LogP contribution in [0.15, 0.2) is 24.3 Å². The Morgan fingerprint density at radius 3 is 2.31 bits per heavy atom. The summed E-state index contributed by atoms with van der Waals surface area (Å²) in [4.78, 5) is 21.3. The van der Waals surface area contributed by atoms with Crippen LogP contribution in [0.1, 0.15) is 33.1 Å². The molecule has 1 N–H and O–H groups in total. The summed E-state index contributed by atoms with van der Waals surface area (Å²) in [5, 5.41) is 8.34. The second-order valence-electron chi connectivity index (χ2n) is 3.37. The van der Waals surface area contributed by atoms with Gasteiger partial charge in [-0.25, -0.2) is 0 Å². The van der Waals surface area contributed by atoms with Crippen LogP contribution in [0.3, 0.4) is 0 Å². The second-order valence-corrected chi connectivity index (χ2v) is 3.37. The highest BCUT2D eigenvalue weighted by Gasteiger charge is 2.04. The molecular formula is C12H18O4. The minimum absolute atomic E-state index is 0.0122. The number of carboxylic acids is 1. The molecule has 90 valence electrons. The van der Waals surface area contributed by atoms with Gasteiger partial charge in [0.1, 0.15) is 0 Å². The molecule has 0 aliphatic carbocycles. The number of aliphatic carboxylic acids is 1. The highest BCUT2D eigenvalue weighted by molar-refractivity contribution is 5.71. The molecule has 0 saturated carbocycles. The van der Waals surface area contributed by atoms with E-state index in [1.54, 1.807) is 18.2 Å². The van der Waals surface area contributed by atoms with Gasteiger partial charge >= 0.3 is 11.9 Å². The Balaban J connectivity index is 3.71. The van der Waals surface area contributed by atoms with E-state index in [4.69, 9.17) is 9.84 Å². The quantitative estimate of drug-likeness (QED) is 0.534. The van der Waals surface area contributed by atoms with Gasteiger partial charge in [0.25, 0.3) is 0 Å². The first-order chi connectivity index (χ1) is 7.56. The fraction of sp³-hybridized carbons (Fsp3) is 0.500. The average molecular weight is 226 g/mol. The van der Waals surface area contributed by atoms with Gasteiger partial charge in [-0.2, -0.15) is 0 Å². The number of hydrogen-bond donors (Lipinski definition) is 1. The molecule has 0 amide bonds. The lowest BCUT2D eigenvalue weighted by Crippen LogP contribution is -2.12. The molecule has 4 nitrogen and oxygen atoms in total. The first kappa shape index (κ1) is 14.4. The standard InChI is InChI=1S/C12H18O4/c1-3-10(2)16-12(15)9-7-5-4-6-8-11(13)14/h4-7,10H,3,8-9H2,1-2H3,(H,13,14)/b6-4+,7-5+. The van der Waals surface area contributed by atoms with Gasteiger partial charge in [-0.3, -0.25) is 9.59 Å². The third kappa shape index (κ3) is 8.99. The van der Waals surface area contributed by atoms with Crippen LogP contribution in [0.25, 0.3) is 0 Å². The number of rotatable bonds is 7. The van der Waals surface area contributed by atoms with E-state index in [0.29, 0.717) is 0 Å². The van der Waals surface area contributed by atoms with Gasteiger partial charge in [0.15, 0.2) is 0 Å². The lowest BCUT2D eigenvalue weighted by molar-refractivity contribution is -0.147. The fourth-order valence-corrected chi connectivity index (χ4v) is 0.846. The molecule has 0 bridgehead atoms. The number of allylic oxidation sites excluding steroid dienone is 2. The van der Waals surface area contributed by atoms with Crippen LogP contribution >= 0.6 is 0 Å². The Labute approximate surface area is 95.6 Å². The van der Waals surface area contributed by atoms with Crippen molar-refractivity contribution in [2.75, 3.05) is 0 Å². The molecule has 0 heterocycles. The maximum atomic E-state index is 11.2. The van der Waals surface area contributed by atoms with Crippen molar-refractivity contribution >= 4 is 11.9 Å². The summed E-state index contributed by atoms with van der Waals surface area (Å²) in [5.41, 5.74) is 0. The number of carbonyl (C=O) groups is 2. The van der Waals surface area contributed by atoms with Gasteiger partial charge in [0.05, 0.1) is 18.9 Å². The number of esters is 1. The Hall–Kier alpha value is -1.58. The van der Waals surface area contributed by atoms with Crippen molar-refractivity contribution in [3.8, 4) is 0 Å². The largest absolute Gasteiger partial charge is 0.481 e. The van der Waals surface area contributed by atoms with Gasteiger partial charge in [-0.15, -0.1) is 0 Å². The van der Waals surface area contributed by atoms with Crippen LogP contribution in [0, 0.1) is 0 Å². The summed E-state index contributed by atoms with van der Waals surface area (Å²) in [7, 11) is 0. The smallest absolute Gasteiger partial charge is 0.309 e. The molecule has 0 fully saturated rings. The van der Waals surface area contributed by atoms with Crippen LogP contribution in [0.4, 0.5) is 0 Å². The summed E-state index contributed by atoms with van der Waals surface area (Å²) >= 11 is 0. The zero-order valence-corrected chi connectivity index (χ0v) is 9.68. The average Bonchev–Trinajstić information content (AvgIpc) is 2.22. The van der Waals surface area contributed by atoms with Crippen molar-refractivity contribution in [2.24, 2.45) is 0 Å². The van der Waals surface area contributed by atoms with Crippen LogP contribution in [-0.4, -0.2) is 23.1 Å². The number of carboxylic acid groups (broad SMARTS) is 1. The van der Waals surface area contributed by atoms with E-state index in [1.165, 1.54) is 6.08 Å². The highest BCUT2D eigenvalue weighted by atomic mass is 16.5. The summed E-state index contributed by atoms with van der Waals surface area (Å²) in [6, 6.07) is 0. The van der Waals surface area contributed by atoms with Crippen molar-refractivity contribution in [1.82, 2.24) is 0 Å². The van der Waals surface area contributed by atoms with Gasteiger partial charge in [-0.05, 0) is 13.3 Å². The normalized spacial score (nSPS) is 13.1. The molecule has 0 radical (unpaired) electrons. The molecule has 0 aromatic heterocycles. The molecule has 4 heteroatoms. The first-order valence-corrected chi connectivity index (χ1v) is 5.29. The van der Waals surface area contributed by atoms with Crippen LogP contribution in [0.5, 0.6) is 0 Å². The van der Waals surface area contributed by atoms with E-state index < -0.39 is 5.97 Å². The second kappa shape index (κ2) is 8.71. The maximum Gasteiger partial charge on any atom is 0.309 e. The zero-order chi connectivity index (χ0) is 12.4. The van der Waals surface area contributed by atoms with E-state index in [1.807, 2.05) is 13.8 Å². The molecule has 16 heavy (non-hydrogen) atoms. The molecule has 0 spiro atoms. The topological polar surface area (TPSA) is 63.6 Å². The number of ether oxygens (including phenoxy) is 1. The van der Waals surface area contributed by atoms with Crippen LogP contribution in [-0.2, 0) is 14.3 Å². The minimum atomic E-state index is -0.874. The van der Waals surface area contributed by atoms with Crippen molar-refractivity contribution in [3.05, 3.63) is 24.3 Å². The Morgan fingerprint density at radius 2 is 1.81 bits per heavy atom. The third-order valence-corrected chi connectivity index (χ3v) is 1.87. The minimum Gasteiger partial charge on any atom is -0.481 e. The van der Waals surface area contributed by atoms with E-state index in [2.05, 4.69) is 0 Å². The van der Waals surface area contributed by atoms with E-state index >= 15 is 0 Å². The van der Waals surface area contributed by atoms with Crippen molar-refractivity contribution in [1.29, 1.82) is 0 Å². The molecule has 0 rings (SSSR count). The van der Waals surface area contributed by atoms with E-state index in [0.717, 1.165) is 6.42 Å². The zero-order valence-electron chi connectivity index (χ0n) is 9.68. The molecule has 1 unspecified atom stereocenters. The highest BCUT2D eigenvalue weighted by Crippen LogP contribution is 1.99. The first-order valence-electron chi connectivity index (χ1n) is 5.29. The summed E-state index contributed by atoms with van der Waals surface area (Å²) < 4.78 is 5.04. The van der Waals surface area contributed by atoms with Crippen molar-refractivity contribution in [2.45, 2.75) is 39.2 Å².